The largest absolute Gasteiger partial charge is 0.481 e. The van der Waals surface area contributed by atoms with Crippen LogP contribution >= 0.6 is 0 Å². The Labute approximate surface area is 206 Å². The van der Waals surface area contributed by atoms with Gasteiger partial charge in [0.2, 0.25) is 0 Å². The van der Waals surface area contributed by atoms with Gasteiger partial charge in [0.1, 0.15) is 5.75 Å². The quantitative estimate of drug-likeness (QED) is 0.413. The van der Waals surface area contributed by atoms with Crippen LogP contribution in [0.2, 0.25) is 0 Å². The minimum atomic E-state index is -0.524. The molecule has 1 atom stereocenters. The highest BCUT2D eigenvalue weighted by Gasteiger charge is 2.26. The number of amides is 1. The lowest BCUT2D eigenvalue weighted by atomic mass is 10.1. The van der Waals surface area contributed by atoms with Crippen LogP contribution in [0.4, 0.5) is 5.82 Å². The molecule has 0 spiro atoms. The van der Waals surface area contributed by atoms with E-state index < -0.39 is 6.10 Å². The van der Waals surface area contributed by atoms with Gasteiger partial charge in [0.15, 0.2) is 11.9 Å². The van der Waals surface area contributed by atoms with E-state index in [2.05, 4.69) is 51.5 Å². The smallest absolute Gasteiger partial charge is 0.263 e. The molecule has 178 valence electrons. The summed E-state index contributed by atoms with van der Waals surface area (Å²) in [5, 5.41) is 11.4. The minimum Gasteiger partial charge on any atom is -0.481 e. The number of aromatic nitrogens is 2. The van der Waals surface area contributed by atoms with Gasteiger partial charge in [0.05, 0.1) is 5.69 Å². The first-order chi connectivity index (χ1) is 17.0. The first-order valence-corrected chi connectivity index (χ1v) is 12.1. The highest BCUT2D eigenvalue weighted by molar-refractivity contribution is 5.86. The molecule has 1 amide bonds. The molecule has 0 N–H and O–H groups in total. The molecule has 6 nitrogen and oxygen atoms in total. The summed E-state index contributed by atoms with van der Waals surface area (Å²) in [4.78, 5) is 17.0. The molecule has 1 aliphatic heterocycles. The molecule has 1 fully saturated rings. The van der Waals surface area contributed by atoms with Crippen LogP contribution < -0.4 is 9.64 Å². The van der Waals surface area contributed by atoms with E-state index >= 15 is 0 Å². The summed E-state index contributed by atoms with van der Waals surface area (Å²) < 4.78 is 5.96. The topological polar surface area (TPSA) is 58.6 Å². The number of anilines is 1. The van der Waals surface area contributed by atoms with E-state index in [1.54, 1.807) is 0 Å². The fraction of sp³-hybridized carbons (Fsp3) is 0.276. The first-order valence-electron chi connectivity index (χ1n) is 12.1. The molecule has 3 aromatic carbocycles. The number of hydrogen-bond donors (Lipinski definition) is 0. The second kappa shape index (κ2) is 9.74. The summed E-state index contributed by atoms with van der Waals surface area (Å²) in [6.07, 6.45) is -0.524. The van der Waals surface area contributed by atoms with E-state index in [9.17, 15) is 4.79 Å². The molecule has 1 aromatic heterocycles. The number of hydrogen-bond acceptors (Lipinski definition) is 5. The van der Waals surface area contributed by atoms with Gasteiger partial charge < -0.3 is 14.5 Å². The van der Waals surface area contributed by atoms with Crippen molar-refractivity contribution in [1.29, 1.82) is 0 Å². The standard InChI is InChI=1S/C29H30N4O2/c1-20-16-21(2)18-26(17-20)35-22(3)29(34)33-14-12-32(13-15-33)28-11-10-27(30-31-28)25-9-8-23-6-4-5-7-24(23)19-25/h4-11,16-19,22H,12-15H2,1-3H3. The number of ether oxygens (including phenoxy) is 1. The van der Waals surface area contributed by atoms with E-state index in [4.69, 9.17) is 4.74 Å². The van der Waals surface area contributed by atoms with E-state index in [1.165, 1.54) is 10.8 Å². The van der Waals surface area contributed by atoms with Crippen molar-refractivity contribution in [1.82, 2.24) is 15.1 Å². The third-order valence-electron chi connectivity index (χ3n) is 6.47. The van der Waals surface area contributed by atoms with E-state index in [-0.39, 0.29) is 5.91 Å². The van der Waals surface area contributed by atoms with Crippen molar-refractivity contribution in [3.05, 3.63) is 83.9 Å². The van der Waals surface area contributed by atoms with Crippen molar-refractivity contribution in [2.45, 2.75) is 26.9 Å². The highest BCUT2D eigenvalue weighted by Crippen LogP contribution is 2.24. The Hall–Kier alpha value is -3.93. The van der Waals surface area contributed by atoms with Crippen LogP contribution in [-0.2, 0) is 4.79 Å². The zero-order valence-electron chi connectivity index (χ0n) is 20.4. The Kier molecular flexibility index (Phi) is 6.36. The fourth-order valence-corrected chi connectivity index (χ4v) is 4.67. The lowest BCUT2D eigenvalue weighted by Crippen LogP contribution is -2.52. The summed E-state index contributed by atoms with van der Waals surface area (Å²) in [6, 6.07) is 24.7. The molecule has 1 aliphatic rings. The van der Waals surface area contributed by atoms with E-state index in [1.807, 2.05) is 62.1 Å². The third-order valence-corrected chi connectivity index (χ3v) is 6.47. The van der Waals surface area contributed by atoms with Crippen molar-refractivity contribution in [3.63, 3.8) is 0 Å². The maximum Gasteiger partial charge on any atom is 0.263 e. The second-order valence-corrected chi connectivity index (χ2v) is 9.23. The molecule has 0 aliphatic carbocycles. The van der Waals surface area contributed by atoms with Gasteiger partial charge in [-0.15, -0.1) is 10.2 Å². The van der Waals surface area contributed by atoms with Gasteiger partial charge in [0.25, 0.3) is 5.91 Å². The zero-order chi connectivity index (χ0) is 24.4. The van der Waals surface area contributed by atoms with Crippen molar-refractivity contribution in [3.8, 4) is 17.0 Å². The fourth-order valence-electron chi connectivity index (χ4n) is 4.67. The molecule has 5 rings (SSSR count). The summed E-state index contributed by atoms with van der Waals surface area (Å²) in [5.74, 6) is 1.59. The molecule has 0 saturated carbocycles. The van der Waals surface area contributed by atoms with Crippen molar-refractivity contribution in [2.24, 2.45) is 0 Å². The van der Waals surface area contributed by atoms with Crippen LogP contribution in [0.1, 0.15) is 18.1 Å². The molecule has 4 aromatic rings. The normalized spacial score (nSPS) is 14.7. The minimum absolute atomic E-state index is 0.0153. The molecule has 0 bridgehead atoms. The maximum absolute atomic E-state index is 13.0. The van der Waals surface area contributed by atoms with Crippen molar-refractivity contribution < 1.29 is 9.53 Å². The average molecular weight is 467 g/mol. The molecule has 0 radical (unpaired) electrons. The molecule has 35 heavy (non-hydrogen) atoms. The Morgan fingerprint density at radius 1 is 0.829 bits per heavy atom. The molecule has 1 saturated heterocycles. The van der Waals surface area contributed by atoms with Gasteiger partial charge in [-0.25, -0.2) is 0 Å². The van der Waals surface area contributed by atoms with Gasteiger partial charge >= 0.3 is 0 Å². The second-order valence-electron chi connectivity index (χ2n) is 9.23. The van der Waals surface area contributed by atoms with Gasteiger partial charge in [-0.05, 0) is 73.0 Å². The number of benzene rings is 3. The van der Waals surface area contributed by atoms with Crippen molar-refractivity contribution in [2.75, 3.05) is 31.1 Å². The average Bonchev–Trinajstić information content (AvgIpc) is 2.87. The Morgan fingerprint density at radius 3 is 2.23 bits per heavy atom. The molecular weight excluding hydrogens is 436 g/mol. The number of piperazine rings is 1. The predicted octanol–water partition coefficient (Wildman–Crippen LogP) is 5.03. The summed E-state index contributed by atoms with van der Waals surface area (Å²) in [6.45, 7) is 8.58. The van der Waals surface area contributed by atoms with Gasteiger partial charge in [0, 0.05) is 31.7 Å². The van der Waals surface area contributed by atoms with Crippen LogP contribution in [0.3, 0.4) is 0 Å². The molecule has 6 heteroatoms. The third kappa shape index (κ3) is 5.11. The predicted molar refractivity (Wildman–Crippen MR) is 140 cm³/mol. The van der Waals surface area contributed by atoms with Crippen LogP contribution in [0.5, 0.6) is 5.75 Å². The van der Waals surface area contributed by atoms with Gasteiger partial charge in [-0.1, -0.05) is 42.5 Å². The van der Waals surface area contributed by atoms with Crippen LogP contribution in [0.15, 0.2) is 72.8 Å². The van der Waals surface area contributed by atoms with Gasteiger partial charge in [-0.2, -0.15) is 0 Å². The lowest BCUT2D eigenvalue weighted by molar-refractivity contribution is -0.138. The number of carbonyl (C=O) groups excluding carboxylic acids is 1. The molecular formula is C29H30N4O2. The molecule has 1 unspecified atom stereocenters. The number of rotatable bonds is 5. The lowest BCUT2D eigenvalue weighted by Gasteiger charge is -2.36. The number of carbonyl (C=O) groups is 1. The monoisotopic (exact) mass is 466 g/mol. The maximum atomic E-state index is 13.0. The number of fused-ring (bicyclic) bond motifs is 1. The first kappa shape index (κ1) is 22.8. The highest BCUT2D eigenvalue weighted by atomic mass is 16.5. The van der Waals surface area contributed by atoms with Crippen LogP contribution in [0.25, 0.3) is 22.0 Å². The zero-order valence-corrected chi connectivity index (χ0v) is 20.4. The number of nitrogens with zero attached hydrogens (tertiary/aromatic N) is 4. The summed E-state index contributed by atoms with van der Waals surface area (Å²) in [5.41, 5.74) is 4.16. The van der Waals surface area contributed by atoms with E-state index in [0.29, 0.717) is 26.2 Å². The Bertz CT molecular complexity index is 1320. The Balaban J connectivity index is 1.19. The Morgan fingerprint density at radius 2 is 1.54 bits per heavy atom. The molecule has 2 heterocycles. The number of aryl methyl sites for hydroxylation is 2. The summed E-state index contributed by atoms with van der Waals surface area (Å²) in [7, 11) is 0. The van der Waals surface area contributed by atoms with E-state index in [0.717, 1.165) is 34.0 Å². The van der Waals surface area contributed by atoms with Crippen LogP contribution in [0, 0.1) is 13.8 Å². The van der Waals surface area contributed by atoms with Gasteiger partial charge in [-0.3, -0.25) is 4.79 Å². The summed E-state index contributed by atoms with van der Waals surface area (Å²) >= 11 is 0. The van der Waals surface area contributed by atoms with Crippen molar-refractivity contribution >= 4 is 22.5 Å². The SMILES string of the molecule is Cc1cc(C)cc(OC(C)C(=O)N2CCN(c3ccc(-c4ccc5ccccc5c4)nn3)CC2)c1. The van der Waals surface area contributed by atoms with Crippen LogP contribution in [-0.4, -0.2) is 53.3 Å².